The van der Waals surface area contributed by atoms with Crippen molar-refractivity contribution in [2.45, 2.75) is 6.92 Å². The van der Waals surface area contributed by atoms with Gasteiger partial charge in [0, 0.05) is 22.0 Å². The standard InChI is InChI=1S/C24H16Cl2FN3O3/c1-13-2-7-17(12-19(13)25)29-22(31)14-3-8-16(9-4-14)28-21-20(26)23(32)30(24(21)33)18-10-5-15(27)6-11-18/h2-12,28H,1H3,(H,29,31). The van der Waals surface area contributed by atoms with Crippen LogP contribution in [0.3, 0.4) is 0 Å². The molecule has 0 atom stereocenters. The Bertz CT molecular complexity index is 1310. The molecule has 1 aliphatic heterocycles. The van der Waals surface area contributed by atoms with Crippen LogP contribution in [0.2, 0.25) is 5.02 Å². The van der Waals surface area contributed by atoms with E-state index in [0.717, 1.165) is 22.6 Å². The van der Waals surface area contributed by atoms with Gasteiger partial charge >= 0.3 is 0 Å². The summed E-state index contributed by atoms with van der Waals surface area (Å²) < 4.78 is 13.2. The van der Waals surface area contributed by atoms with Gasteiger partial charge in [-0.05, 0) is 73.2 Å². The lowest BCUT2D eigenvalue weighted by Crippen LogP contribution is -2.32. The van der Waals surface area contributed by atoms with Crippen LogP contribution in [0, 0.1) is 12.7 Å². The fourth-order valence-corrected chi connectivity index (χ4v) is 3.55. The lowest BCUT2D eigenvalue weighted by Gasteiger charge is -2.15. The molecule has 0 aliphatic carbocycles. The summed E-state index contributed by atoms with van der Waals surface area (Å²) in [6.07, 6.45) is 0. The Hall–Kier alpha value is -3.68. The number of benzene rings is 3. The van der Waals surface area contributed by atoms with E-state index >= 15 is 0 Å². The first-order valence-corrected chi connectivity index (χ1v) is 10.5. The van der Waals surface area contributed by atoms with Gasteiger partial charge in [-0.15, -0.1) is 0 Å². The zero-order chi connectivity index (χ0) is 23.7. The summed E-state index contributed by atoms with van der Waals surface area (Å²) in [7, 11) is 0. The first kappa shape index (κ1) is 22.5. The molecule has 0 unspecified atom stereocenters. The van der Waals surface area contributed by atoms with Gasteiger partial charge in [-0.25, -0.2) is 9.29 Å². The Morgan fingerprint density at radius 2 is 1.52 bits per heavy atom. The molecule has 33 heavy (non-hydrogen) atoms. The summed E-state index contributed by atoms with van der Waals surface area (Å²) in [5, 5.41) is 5.84. The van der Waals surface area contributed by atoms with Crippen molar-refractivity contribution in [3.63, 3.8) is 0 Å². The number of anilines is 3. The van der Waals surface area contributed by atoms with E-state index in [0.29, 0.717) is 22.0 Å². The fraction of sp³-hybridized carbons (Fsp3) is 0.0417. The van der Waals surface area contributed by atoms with Gasteiger partial charge in [0.25, 0.3) is 17.7 Å². The van der Waals surface area contributed by atoms with Crippen molar-refractivity contribution in [2.24, 2.45) is 0 Å². The van der Waals surface area contributed by atoms with Crippen LogP contribution < -0.4 is 15.5 Å². The number of carbonyl (C=O) groups is 3. The third kappa shape index (κ3) is 4.60. The third-order valence-corrected chi connectivity index (χ3v) is 5.72. The van der Waals surface area contributed by atoms with Crippen molar-refractivity contribution in [1.82, 2.24) is 0 Å². The molecule has 2 N–H and O–H groups in total. The smallest absolute Gasteiger partial charge is 0.283 e. The highest BCUT2D eigenvalue weighted by molar-refractivity contribution is 6.53. The Kier molecular flexibility index (Phi) is 6.18. The zero-order valence-electron chi connectivity index (χ0n) is 17.2. The summed E-state index contributed by atoms with van der Waals surface area (Å²) in [6, 6.07) is 16.4. The molecule has 1 aliphatic rings. The predicted octanol–water partition coefficient (Wildman–Crippen LogP) is 5.48. The van der Waals surface area contributed by atoms with Crippen molar-refractivity contribution < 1.29 is 18.8 Å². The van der Waals surface area contributed by atoms with Crippen LogP contribution in [0.1, 0.15) is 15.9 Å². The van der Waals surface area contributed by atoms with Crippen molar-refractivity contribution >= 4 is 58.0 Å². The summed E-state index contributed by atoms with van der Waals surface area (Å²) in [5.41, 5.74) is 2.36. The molecule has 0 radical (unpaired) electrons. The number of aryl methyl sites for hydroxylation is 1. The Balaban J connectivity index is 1.47. The zero-order valence-corrected chi connectivity index (χ0v) is 18.7. The largest absolute Gasteiger partial charge is 0.350 e. The number of carbonyl (C=O) groups excluding carboxylic acids is 3. The topological polar surface area (TPSA) is 78.5 Å². The minimum Gasteiger partial charge on any atom is -0.350 e. The average Bonchev–Trinajstić information content (AvgIpc) is 3.00. The molecule has 0 aromatic heterocycles. The summed E-state index contributed by atoms with van der Waals surface area (Å²) in [6.45, 7) is 1.86. The molecule has 166 valence electrons. The van der Waals surface area contributed by atoms with Crippen molar-refractivity contribution in [3.8, 4) is 0 Å². The van der Waals surface area contributed by atoms with Gasteiger partial charge in [-0.1, -0.05) is 29.3 Å². The van der Waals surface area contributed by atoms with Crippen LogP contribution in [-0.2, 0) is 9.59 Å². The summed E-state index contributed by atoms with van der Waals surface area (Å²) in [4.78, 5) is 38.6. The van der Waals surface area contributed by atoms with E-state index in [2.05, 4.69) is 10.6 Å². The molecule has 3 aromatic rings. The molecule has 0 saturated heterocycles. The Labute approximate surface area is 198 Å². The second-order valence-electron chi connectivity index (χ2n) is 7.23. The van der Waals surface area contributed by atoms with Crippen LogP contribution in [-0.4, -0.2) is 17.7 Å². The summed E-state index contributed by atoms with van der Waals surface area (Å²) >= 11 is 12.2. The van der Waals surface area contributed by atoms with Gasteiger partial charge in [0.05, 0.1) is 5.69 Å². The molecule has 1 heterocycles. The highest BCUT2D eigenvalue weighted by Gasteiger charge is 2.38. The van der Waals surface area contributed by atoms with E-state index in [1.54, 1.807) is 42.5 Å². The van der Waals surface area contributed by atoms with Gasteiger partial charge in [0.2, 0.25) is 0 Å². The molecule has 9 heteroatoms. The lowest BCUT2D eigenvalue weighted by molar-refractivity contribution is -0.120. The number of nitrogens with zero attached hydrogens (tertiary/aromatic N) is 1. The molecule has 3 aromatic carbocycles. The van der Waals surface area contributed by atoms with Gasteiger partial charge in [-0.2, -0.15) is 0 Å². The predicted molar refractivity (Wildman–Crippen MR) is 126 cm³/mol. The van der Waals surface area contributed by atoms with Gasteiger partial charge in [0.1, 0.15) is 16.5 Å². The van der Waals surface area contributed by atoms with Crippen LogP contribution in [0.5, 0.6) is 0 Å². The van der Waals surface area contributed by atoms with Gasteiger partial charge < -0.3 is 10.6 Å². The van der Waals surface area contributed by atoms with E-state index in [1.807, 2.05) is 6.92 Å². The van der Waals surface area contributed by atoms with Crippen molar-refractivity contribution in [1.29, 1.82) is 0 Å². The second-order valence-corrected chi connectivity index (χ2v) is 8.02. The molecule has 6 nitrogen and oxygen atoms in total. The molecular formula is C24H16Cl2FN3O3. The molecule has 0 bridgehead atoms. The third-order valence-electron chi connectivity index (χ3n) is 4.96. The molecule has 3 amide bonds. The monoisotopic (exact) mass is 483 g/mol. The molecule has 0 fully saturated rings. The Morgan fingerprint density at radius 3 is 2.15 bits per heavy atom. The number of nitrogens with one attached hydrogen (secondary N) is 2. The first-order chi connectivity index (χ1) is 15.7. The number of hydrogen-bond acceptors (Lipinski definition) is 4. The first-order valence-electron chi connectivity index (χ1n) is 9.73. The lowest BCUT2D eigenvalue weighted by atomic mass is 10.1. The number of halogens is 3. The normalized spacial score (nSPS) is 13.5. The van der Waals surface area contributed by atoms with E-state index in [9.17, 15) is 18.8 Å². The van der Waals surface area contributed by atoms with Crippen LogP contribution >= 0.6 is 23.2 Å². The van der Waals surface area contributed by atoms with Crippen molar-refractivity contribution in [3.05, 3.63) is 99.4 Å². The van der Waals surface area contributed by atoms with E-state index < -0.39 is 17.6 Å². The summed E-state index contributed by atoms with van der Waals surface area (Å²) in [5.74, 6) is -2.23. The number of rotatable bonds is 5. The maximum atomic E-state index is 13.2. The SMILES string of the molecule is Cc1ccc(NC(=O)c2ccc(NC3=C(Cl)C(=O)N(c4ccc(F)cc4)C3=O)cc2)cc1Cl. The minimum atomic E-state index is -0.719. The maximum absolute atomic E-state index is 13.2. The van der Waals surface area contributed by atoms with Gasteiger partial charge in [0.15, 0.2) is 0 Å². The minimum absolute atomic E-state index is 0.113. The van der Waals surface area contributed by atoms with E-state index in [-0.39, 0.29) is 22.3 Å². The number of imide groups is 1. The number of hydrogen-bond donors (Lipinski definition) is 2. The average molecular weight is 484 g/mol. The molecular weight excluding hydrogens is 468 g/mol. The molecule has 4 rings (SSSR count). The molecule has 0 saturated carbocycles. The molecule has 0 spiro atoms. The highest BCUT2D eigenvalue weighted by atomic mass is 35.5. The second kappa shape index (κ2) is 9.05. The van der Waals surface area contributed by atoms with Crippen LogP contribution in [0.25, 0.3) is 0 Å². The Morgan fingerprint density at radius 1 is 0.879 bits per heavy atom. The highest BCUT2D eigenvalue weighted by Crippen LogP contribution is 2.30. The van der Waals surface area contributed by atoms with E-state index in [1.165, 1.54) is 12.1 Å². The van der Waals surface area contributed by atoms with Gasteiger partial charge in [-0.3, -0.25) is 14.4 Å². The number of amides is 3. The van der Waals surface area contributed by atoms with Crippen LogP contribution in [0.4, 0.5) is 21.5 Å². The van der Waals surface area contributed by atoms with Crippen molar-refractivity contribution in [2.75, 3.05) is 15.5 Å². The fourth-order valence-electron chi connectivity index (χ4n) is 3.16. The quantitative estimate of drug-likeness (QED) is 0.471. The van der Waals surface area contributed by atoms with Crippen LogP contribution in [0.15, 0.2) is 77.5 Å². The van der Waals surface area contributed by atoms with E-state index in [4.69, 9.17) is 23.2 Å². The maximum Gasteiger partial charge on any atom is 0.283 e.